The lowest BCUT2D eigenvalue weighted by molar-refractivity contribution is -0.149. The molecule has 7 atom stereocenters. The summed E-state index contributed by atoms with van der Waals surface area (Å²) < 4.78 is 32.5. The van der Waals surface area contributed by atoms with E-state index >= 15 is 4.39 Å². The second kappa shape index (κ2) is 17.9. The van der Waals surface area contributed by atoms with Crippen molar-refractivity contribution in [2.24, 2.45) is 0 Å². The molecule has 4 aliphatic rings. The van der Waals surface area contributed by atoms with Gasteiger partial charge in [-0.1, -0.05) is 29.8 Å². The van der Waals surface area contributed by atoms with Crippen LogP contribution >= 0.6 is 0 Å². The lowest BCUT2D eigenvalue weighted by Gasteiger charge is -2.37. The quantitative estimate of drug-likeness (QED) is 0.418. The molecular weight excluding hydrogens is 739 g/mol. The molecule has 57 heavy (non-hydrogen) atoms. The van der Waals surface area contributed by atoms with Gasteiger partial charge < -0.3 is 44.9 Å². The molecule has 0 radical (unpaired) electrons. The van der Waals surface area contributed by atoms with Gasteiger partial charge in [-0.3, -0.25) is 28.8 Å². The van der Waals surface area contributed by atoms with E-state index in [9.17, 15) is 28.8 Å². The number of nitrogens with zero attached hydrogens (tertiary/aromatic N) is 3. The molecule has 2 aromatic rings. The largest absolute Gasteiger partial charge is 0.497 e. The topological polar surface area (TPSA) is 176 Å². The number of amides is 6. The highest BCUT2D eigenvalue weighted by atomic mass is 19.1. The highest BCUT2D eigenvalue weighted by Gasteiger charge is 2.40. The molecule has 0 spiro atoms. The number of benzene rings is 2. The van der Waals surface area contributed by atoms with Crippen molar-refractivity contribution in [1.29, 1.82) is 0 Å². The molecule has 3 aliphatic heterocycles. The molecule has 306 valence electrons. The van der Waals surface area contributed by atoms with E-state index in [4.69, 9.17) is 14.2 Å². The number of hydrogen-bond donors (Lipinski definition) is 3. The minimum absolute atomic E-state index is 0.0180. The van der Waals surface area contributed by atoms with Crippen LogP contribution in [0.1, 0.15) is 44.7 Å². The Kier molecular flexibility index (Phi) is 13.3. The van der Waals surface area contributed by atoms with Crippen LogP contribution in [0.15, 0.2) is 65.9 Å². The second-order valence-electron chi connectivity index (χ2n) is 14.7. The van der Waals surface area contributed by atoms with Crippen molar-refractivity contribution < 1.29 is 47.4 Å². The van der Waals surface area contributed by atoms with Gasteiger partial charge in [-0.05, 0) is 68.7 Å². The van der Waals surface area contributed by atoms with Crippen LogP contribution in [0, 0.1) is 0 Å². The first-order chi connectivity index (χ1) is 27.0. The fourth-order valence-electron chi connectivity index (χ4n) is 7.12. The average molecular weight is 791 g/mol. The number of halogens is 1. The fraction of sp³-hybridized carbons (Fsp3) is 0.463. The summed E-state index contributed by atoms with van der Waals surface area (Å²) in [5.41, 5.74) is 1.71. The molecule has 1 unspecified atom stereocenters. The van der Waals surface area contributed by atoms with E-state index in [1.165, 1.54) is 76.9 Å². The van der Waals surface area contributed by atoms with Gasteiger partial charge in [0.15, 0.2) is 17.7 Å². The second-order valence-corrected chi connectivity index (χ2v) is 14.7. The first-order valence-electron chi connectivity index (χ1n) is 18.7. The molecule has 16 heteroatoms. The van der Waals surface area contributed by atoms with Crippen LogP contribution in [0.25, 0.3) is 0 Å². The van der Waals surface area contributed by atoms with Gasteiger partial charge in [-0.25, -0.2) is 4.39 Å². The third kappa shape index (κ3) is 9.55. The molecule has 0 aromatic heterocycles. The third-order valence-corrected chi connectivity index (χ3v) is 10.7. The Bertz CT molecular complexity index is 1950. The molecule has 3 heterocycles. The highest BCUT2D eigenvalue weighted by molar-refractivity contribution is 5.98. The summed E-state index contributed by atoms with van der Waals surface area (Å²) in [6.07, 6.45) is 1.26. The number of hydrogen-bond acceptors (Lipinski definition) is 9. The fourth-order valence-corrected chi connectivity index (χ4v) is 7.12. The Morgan fingerprint density at radius 1 is 0.684 bits per heavy atom. The number of carbonyl (C=O) groups is 6. The van der Waals surface area contributed by atoms with Gasteiger partial charge in [-0.2, -0.15) is 0 Å². The van der Waals surface area contributed by atoms with Crippen LogP contribution in [0.3, 0.4) is 0 Å². The lowest BCUT2D eigenvalue weighted by Crippen LogP contribution is -2.61. The van der Waals surface area contributed by atoms with Gasteiger partial charge in [0.2, 0.25) is 35.4 Å². The van der Waals surface area contributed by atoms with Gasteiger partial charge in [0, 0.05) is 40.4 Å². The zero-order chi connectivity index (χ0) is 41.7. The van der Waals surface area contributed by atoms with E-state index < -0.39 is 77.9 Å². The zero-order valence-corrected chi connectivity index (χ0v) is 33.5. The number of alkyl halides is 1. The summed E-state index contributed by atoms with van der Waals surface area (Å²) in [5.74, 6) is -2.76. The number of nitrogens with one attached hydrogen (secondary N) is 3. The summed E-state index contributed by atoms with van der Waals surface area (Å²) in [5, 5.41) is 8.05. The molecule has 6 amide bonds. The molecule has 15 nitrogen and oxygen atoms in total. The lowest BCUT2D eigenvalue weighted by atomic mass is 9.93. The van der Waals surface area contributed by atoms with Crippen LogP contribution in [0.4, 0.5) is 4.39 Å². The van der Waals surface area contributed by atoms with Crippen LogP contribution in [-0.4, -0.2) is 128 Å². The molecule has 1 saturated heterocycles. The van der Waals surface area contributed by atoms with Crippen molar-refractivity contribution >= 4 is 35.4 Å². The van der Waals surface area contributed by atoms with E-state index in [0.29, 0.717) is 28.2 Å². The number of likely N-dealkylation sites (N-methyl/N-ethyl adjacent to an activating group) is 3. The summed E-state index contributed by atoms with van der Waals surface area (Å²) in [6.45, 7) is 4.37. The maximum absolute atomic E-state index is 15.7. The van der Waals surface area contributed by atoms with Crippen LogP contribution in [-0.2, 0) is 41.6 Å². The summed E-state index contributed by atoms with van der Waals surface area (Å²) in [6, 6.07) is 4.69. The number of fused-ring (bicyclic) bond motifs is 2. The van der Waals surface area contributed by atoms with E-state index in [1.807, 2.05) is 0 Å². The molecule has 3 N–H and O–H groups in total. The Morgan fingerprint density at radius 3 is 1.93 bits per heavy atom. The molecule has 6 rings (SSSR count). The summed E-state index contributed by atoms with van der Waals surface area (Å²) in [4.78, 5) is 88.0. The van der Waals surface area contributed by atoms with E-state index in [1.54, 1.807) is 48.5 Å². The predicted molar refractivity (Wildman–Crippen MR) is 207 cm³/mol. The van der Waals surface area contributed by atoms with Crippen molar-refractivity contribution in [3.8, 4) is 17.2 Å². The standard InChI is InChI=1S/C41H51FN6O9/c1-22-36(49)44-23(2)39(52)46(4)30(18-25-9-13-28(55-7)14-10-25)38(51)45-24(3)40(53)48(6)32-20-26-11-15-33(29(42)17-26)57-35-21-27(12-16-34(35)56-8)19-31(37(50)43-22)47(5)41(32)54/h9-16,21-24,29-32H,17-20H2,1-8H3,(H,43,50)(H,44,49)(H,45,51)/t22-,23+,24+,29?,30+,31+,32+/m1/s1. The number of allylic oxidation sites excluding steroid dienone is 3. The van der Waals surface area contributed by atoms with E-state index in [-0.39, 0.29) is 37.2 Å². The van der Waals surface area contributed by atoms with Crippen molar-refractivity contribution in [2.45, 2.75) is 88.9 Å². The Morgan fingerprint density at radius 2 is 1.30 bits per heavy atom. The average Bonchev–Trinajstić information content (AvgIpc) is 3.19. The minimum Gasteiger partial charge on any atom is -0.497 e. The normalized spacial score (nSPS) is 26.9. The highest BCUT2D eigenvalue weighted by Crippen LogP contribution is 2.35. The van der Waals surface area contributed by atoms with E-state index in [2.05, 4.69) is 16.0 Å². The summed E-state index contributed by atoms with van der Waals surface area (Å²) in [7, 11) is 7.22. The molecule has 1 fully saturated rings. The van der Waals surface area contributed by atoms with Crippen molar-refractivity contribution in [3.63, 3.8) is 0 Å². The van der Waals surface area contributed by atoms with Crippen molar-refractivity contribution in [1.82, 2.24) is 30.7 Å². The molecule has 0 saturated carbocycles. The van der Waals surface area contributed by atoms with Crippen molar-refractivity contribution in [2.75, 3.05) is 35.4 Å². The smallest absolute Gasteiger partial charge is 0.246 e. The monoisotopic (exact) mass is 790 g/mol. The van der Waals surface area contributed by atoms with Gasteiger partial charge in [-0.15, -0.1) is 0 Å². The zero-order valence-electron chi connectivity index (χ0n) is 33.5. The number of rotatable bonds is 4. The van der Waals surface area contributed by atoms with Crippen LogP contribution < -0.4 is 30.2 Å². The Balaban J connectivity index is 1.58. The molecule has 6 bridgehead atoms. The third-order valence-electron chi connectivity index (χ3n) is 10.7. The van der Waals surface area contributed by atoms with Gasteiger partial charge in [0.05, 0.1) is 14.2 Å². The molecule has 1 aliphatic carbocycles. The molecule has 2 aromatic carbocycles. The Labute approximate surface area is 331 Å². The first-order valence-corrected chi connectivity index (χ1v) is 18.7. The predicted octanol–water partition coefficient (Wildman–Crippen LogP) is 1.83. The first kappa shape index (κ1) is 42.2. The van der Waals surface area contributed by atoms with Crippen LogP contribution in [0.5, 0.6) is 17.2 Å². The maximum atomic E-state index is 15.7. The SMILES string of the molecule is COc1ccc(C[C@H]2C(=O)N[C@@H](C)C(=O)N(C)[C@H]3CC4=CC=C(Oc5cc(ccc5OC)C[C@@H](C(=O)N[C@H](C)C(=O)N[C@@H](C)C(=O)N2C)N(C)C3=O)C(F)C4)cc1. The maximum Gasteiger partial charge on any atom is 0.246 e. The number of methoxy groups -OCH3 is 2. The minimum atomic E-state index is -1.58. The van der Waals surface area contributed by atoms with Gasteiger partial charge in [0.25, 0.3) is 0 Å². The van der Waals surface area contributed by atoms with Gasteiger partial charge in [0.1, 0.15) is 47.8 Å². The number of carbonyl (C=O) groups excluding carboxylic acids is 6. The molecular formula is C41H51FN6O9. The van der Waals surface area contributed by atoms with Gasteiger partial charge >= 0.3 is 0 Å². The van der Waals surface area contributed by atoms with Crippen LogP contribution in [0.2, 0.25) is 0 Å². The summed E-state index contributed by atoms with van der Waals surface area (Å²) >= 11 is 0. The Hall–Kier alpha value is -5.93. The van der Waals surface area contributed by atoms with Crippen molar-refractivity contribution in [3.05, 3.63) is 77.1 Å². The van der Waals surface area contributed by atoms with E-state index in [0.717, 1.165) is 0 Å². The number of ether oxygens (including phenoxy) is 3.